The topological polar surface area (TPSA) is 18.5 Å². The molecule has 2 nitrogen and oxygen atoms in total. The molecule has 1 rings (SSSR count). The second-order valence-electron chi connectivity index (χ2n) is 2.45. The minimum absolute atomic E-state index is 0.103. The largest absolute Gasteiger partial charge is 0.699 e. The van der Waals surface area contributed by atoms with E-state index in [2.05, 4.69) is 4.65 Å². The van der Waals surface area contributed by atoms with Gasteiger partial charge in [-0.05, 0) is 12.2 Å². The fourth-order valence-corrected chi connectivity index (χ4v) is 0.923. The van der Waals surface area contributed by atoms with Gasteiger partial charge in [0.15, 0.2) is 0 Å². The first-order chi connectivity index (χ1) is 6.01. The quantitative estimate of drug-likeness (QED) is 0.639. The molecule has 0 N–H and O–H groups in total. The predicted molar refractivity (Wildman–Crippen MR) is 42.3 cm³/mol. The predicted octanol–water partition coefficient (Wildman–Crippen LogP) is 2.37. The van der Waals surface area contributed by atoms with E-state index in [0.717, 1.165) is 0 Å². The second-order valence-corrected chi connectivity index (χ2v) is 2.45. The van der Waals surface area contributed by atoms with E-state index in [1.54, 1.807) is 0 Å². The maximum Gasteiger partial charge on any atom is 0.699 e. The first-order valence-electron chi connectivity index (χ1n) is 3.67. The molecule has 0 saturated heterocycles. The summed E-state index contributed by atoms with van der Waals surface area (Å²) in [5, 5.41) is 0. The Morgan fingerprint density at radius 3 is 2.38 bits per heavy atom. The summed E-state index contributed by atoms with van der Waals surface area (Å²) in [6.45, 7) is 0. The fourth-order valence-electron chi connectivity index (χ4n) is 0.923. The van der Waals surface area contributed by atoms with E-state index in [0.29, 0.717) is 5.76 Å². The van der Waals surface area contributed by atoms with Gasteiger partial charge in [-0.25, -0.2) is 0 Å². The lowest BCUT2D eigenvalue weighted by molar-refractivity contribution is 0.225. The normalized spacial score (nSPS) is 17.5. The Morgan fingerprint density at radius 1 is 1.31 bits per heavy atom. The van der Waals surface area contributed by atoms with Gasteiger partial charge in [0.05, 0.1) is 18.6 Å². The van der Waals surface area contributed by atoms with Gasteiger partial charge in [0.1, 0.15) is 0 Å². The van der Waals surface area contributed by atoms with Crippen molar-refractivity contribution in [2.45, 2.75) is 6.42 Å². The molecular weight excluding hydrogens is 184 g/mol. The third-order valence-corrected chi connectivity index (χ3v) is 1.46. The summed E-state index contributed by atoms with van der Waals surface area (Å²) in [5.74, 6) is 0.440. The first kappa shape index (κ1) is 10.0. The molecule has 13 heavy (non-hydrogen) atoms. The summed E-state index contributed by atoms with van der Waals surface area (Å²) in [4.78, 5) is 0. The number of hydrogen-bond acceptors (Lipinski definition) is 2. The van der Waals surface area contributed by atoms with Crippen LogP contribution in [0.2, 0.25) is 0 Å². The molecule has 1 aliphatic carbocycles. The zero-order chi connectivity index (χ0) is 9.90. The van der Waals surface area contributed by atoms with Crippen LogP contribution in [0.15, 0.2) is 23.7 Å². The fraction of sp³-hybridized carbons (Fsp3) is 0.286. The van der Waals surface area contributed by atoms with E-state index < -0.39 is 7.18 Å². The number of hydrogen-bond donors (Lipinski definition) is 0. The average Bonchev–Trinajstić information content (AvgIpc) is 2.03. The van der Waals surface area contributed by atoms with Crippen molar-refractivity contribution in [3.63, 3.8) is 0 Å². The highest BCUT2D eigenvalue weighted by Crippen LogP contribution is 2.23. The molecule has 0 aromatic rings. The summed E-state index contributed by atoms with van der Waals surface area (Å²) in [5.41, 5.74) is 0. The Labute approximate surface area is 74.1 Å². The van der Waals surface area contributed by atoms with E-state index in [1.165, 1.54) is 25.7 Å². The first-order valence-corrected chi connectivity index (χ1v) is 3.67. The van der Waals surface area contributed by atoms with Gasteiger partial charge >= 0.3 is 7.18 Å². The maximum atomic E-state index is 11.8. The average molecular weight is 192 g/mol. The van der Waals surface area contributed by atoms with Crippen molar-refractivity contribution in [3.05, 3.63) is 30.1 Å². The van der Waals surface area contributed by atoms with Crippen molar-refractivity contribution in [1.29, 1.82) is 0 Å². The third-order valence-electron chi connectivity index (χ3n) is 1.46. The van der Waals surface area contributed by atoms with Crippen molar-refractivity contribution in [2.24, 2.45) is 0 Å². The van der Waals surface area contributed by atoms with Gasteiger partial charge in [-0.15, -0.1) is 0 Å². The summed E-state index contributed by atoms with van der Waals surface area (Å²) >= 11 is 0. The SMILES string of the molecule is COC1=CC=C(O[B-](F)(F)F)C[CH]1. The van der Waals surface area contributed by atoms with Crippen molar-refractivity contribution >= 4 is 7.18 Å². The molecule has 0 heterocycles. The van der Waals surface area contributed by atoms with Gasteiger partial charge in [-0.3, -0.25) is 0 Å². The van der Waals surface area contributed by atoms with Gasteiger partial charge < -0.3 is 22.3 Å². The Balaban J connectivity index is 2.55. The molecule has 0 spiro atoms. The van der Waals surface area contributed by atoms with E-state index in [-0.39, 0.29) is 12.2 Å². The summed E-state index contributed by atoms with van der Waals surface area (Å²) in [6, 6.07) is 0. The lowest BCUT2D eigenvalue weighted by atomic mass is 10.1. The van der Waals surface area contributed by atoms with Crippen LogP contribution >= 0.6 is 0 Å². The zero-order valence-corrected chi connectivity index (χ0v) is 6.97. The lowest BCUT2D eigenvalue weighted by Gasteiger charge is -2.23. The number of ether oxygens (including phenoxy) is 1. The van der Waals surface area contributed by atoms with Crippen LogP contribution in [0.3, 0.4) is 0 Å². The maximum absolute atomic E-state index is 11.8. The molecule has 0 saturated carbocycles. The number of rotatable bonds is 3. The van der Waals surface area contributed by atoms with E-state index in [4.69, 9.17) is 4.74 Å². The van der Waals surface area contributed by atoms with Crippen molar-refractivity contribution in [2.75, 3.05) is 7.11 Å². The lowest BCUT2D eigenvalue weighted by Crippen LogP contribution is -2.21. The number of allylic oxidation sites excluding steroid dienone is 4. The minimum atomic E-state index is -5.21. The minimum Gasteiger partial charge on any atom is -0.638 e. The van der Waals surface area contributed by atoms with Gasteiger partial charge in [-0.2, -0.15) is 0 Å². The molecule has 0 bridgehead atoms. The molecule has 0 aromatic carbocycles. The molecular formula is C7H8BF3O2-. The second kappa shape index (κ2) is 3.76. The summed E-state index contributed by atoms with van der Waals surface area (Å²) in [7, 11) is -3.75. The highest BCUT2D eigenvalue weighted by molar-refractivity contribution is 6.51. The number of methoxy groups -OCH3 is 1. The molecule has 73 valence electrons. The van der Waals surface area contributed by atoms with Gasteiger partial charge in [0.2, 0.25) is 0 Å². The monoisotopic (exact) mass is 192 g/mol. The van der Waals surface area contributed by atoms with Crippen LogP contribution in [0.5, 0.6) is 0 Å². The molecule has 0 amide bonds. The molecule has 6 heteroatoms. The van der Waals surface area contributed by atoms with Crippen molar-refractivity contribution < 1.29 is 22.3 Å². The van der Waals surface area contributed by atoms with Crippen LogP contribution in [0, 0.1) is 6.42 Å². The van der Waals surface area contributed by atoms with Crippen LogP contribution in [0.4, 0.5) is 12.9 Å². The van der Waals surface area contributed by atoms with Crippen LogP contribution < -0.4 is 0 Å². The van der Waals surface area contributed by atoms with Gasteiger partial charge in [0.25, 0.3) is 0 Å². The van der Waals surface area contributed by atoms with Crippen LogP contribution in [-0.4, -0.2) is 14.3 Å². The number of halogens is 3. The highest BCUT2D eigenvalue weighted by Gasteiger charge is 2.29. The van der Waals surface area contributed by atoms with Crippen LogP contribution in [-0.2, 0) is 9.39 Å². The standard InChI is InChI=1S/C7H8BF3O2/c1-12-6-2-4-7(5-3-6)13-8(9,10)11/h2-4H,5H2,1H3/q-1. The molecule has 1 aliphatic rings. The molecule has 1 radical (unpaired) electrons. The van der Waals surface area contributed by atoms with Crippen molar-refractivity contribution in [1.82, 2.24) is 0 Å². The Bertz CT molecular complexity index is 245. The molecule has 0 aliphatic heterocycles. The summed E-state index contributed by atoms with van der Waals surface area (Å²) < 4.78 is 43.8. The third kappa shape index (κ3) is 3.44. The molecule has 0 atom stereocenters. The van der Waals surface area contributed by atoms with E-state index in [9.17, 15) is 12.9 Å². The van der Waals surface area contributed by atoms with Crippen LogP contribution in [0.25, 0.3) is 0 Å². The van der Waals surface area contributed by atoms with Gasteiger partial charge in [-0.1, -0.05) is 0 Å². The molecule has 0 unspecified atom stereocenters. The van der Waals surface area contributed by atoms with Crippen LogP contribution in [0.1, 0.15) is 6.42 Å². The molecule has 0 fully saturated rings. The Kier molecular flexibility index (Phi) is 2.90. The van der Waals surface area contributed by atoms with Gasteiger partial charge in [0, 0.05) is 12.8 Å². The molecule has 0 aromatic heterocycles. The Hall–Kier alpha value is -1.07. The highest BCUT2D eigenvalue weighted by atomic mass is 19.4. The Morgan fingerprint density at radius 2 is 2.00 bits per heavy atom. The summed E-state index contributed by atoms with van der Waals surface area (Å²) in [6.07, 6.45) is 4.33. The smallest absolute Gasteiger partial charge is 0.638 e. The zero-order valence-electron chi connectivity index (χ0n) is 6.97. The van der Waals surface area contributed by atoms with E-state index in [1.807, 2.05) is 0 Å². The van der Waals surface area contributed by atoms with E-state index >= 15 is 0 Å². The van der Waals surface area contributed by atoms with Crippen molar-refractivity contribution in [3.8, 4) is 0 Å².